The molecule has 1 aliphatic carbocycles. The molecular formula is C30H45N7O3. The number of hydrogen-bond acceptors (Lipinski definition) is 6. The molecule has 1 saturated carbocycles. The molecule has 2 aliphatic heterocycles. The lowest BCUT2D eigenvalue weighted by Gasteiger charge is -2.38. The number of hydrogen-bond donors (Lipinski definition) is 3. The van der Waals surface area contributed by atoms with Crippen LogP contribution in [0.15, 0.2) is 42.4 Å². The Labute approximate surface area is 237 Å². The Morgan fingerprint density at radius 3 is 2.50 bits per heavy atom. The molecule has 5 rings (SSSR count). The maximum absolute atomic E-state index is 13.1. The fourth-order valence-electron chi connectivity index (χ4n) is 5.90. The van der Waals surface area contributed by atoms with Crippen molar-refractivity contribution in [2.45, 2.75) is 70.6 Å². The van der Waals surface area contributed by atoms with Gasteiger partial charge in [0.25, 0.3) is 0 Å². The summed E-state index contributed by atoms with van der Waals surface area (Å²) in [5.41, 5.74) is 9.69. The Morgan fingerprint density at radius 2 is 1.82 bits per heavy atom. The third kappa shape index (κ3) is 6.78. The van der Waals surface area contributed by atoms with Gasteiger partial charge in [0.05, 0.1) is 17.6 Å². The third-order valence-corrected chi connectivity index (χ3v) is 7.86. The number of aromatic nitrogens is 2. The molecule has 2 aromatic rings. The first-order chi connectivity index (χ1) is 19.2. The highest BCUT2D eigenvalue weighted by Gasteiger charge is 2.45. The van der Waals surface area contributed by atoms with E-state index in [1.54, 1.807) is 17.9 Å². The number of nitrogens with two attached hydrogens (primary N) is 2. The lowest BCUT2D eigenvalue weighted by molar-refractivity contribution is 0.0695. The van der Waals surface area contributed by atoms with E-state index in [-0.39, 0.29) is 29.3 Å². The number of hydrazine groups is 1. The number of benzene rings is 1. The van der Waals surface area contributed by atoms with Gasteiger partial charge in [-0.15, -0.1) is 0 Å². The number of amides is 2. The highest BCUT2D eigenvalue weighted by atomic mass is 16.4. The number of rotatable bonds is 6. The van der Waals surface area contributed by atoms with Crippen LogP contribution >= 0.6 is 0 Å². The van der Waals surface area contributed by atoms with E-state index in [4.69, 9.17) is 11.6 Å². The van der Waals surface area contributed by atoms with Crippen LogP contribution in [0.1, 0.15) is 92.2 Å². The number of carboxylic acids is 1. The lowest BCUT2D eigenvalue weighted by atomic mass is 9.90. The second-order valence-electron chi connectivity index (χ2n) is 11.3. The summed E-state index contributed by atoms with van der Waals surface area (Å²) in [5.74, 6) is 4.93. The van der Waals surface area contributed by atoms with Gasteiger partial charge in [-0.1, -0.05) is 32.4 Å². The fourth-order valence-corrected chi connectivity index (χ4v) is 5.90. The average Bonchev–Trinajstić information content (AvgIpc) is 3.62. The normalized spacial score (nSPS) is 22.8. The van der Waals surface area contributed by atoms with E-state index >= 15 is 0 Å². The molecule has 0 radical (unpaired) electrons. The van der Waals surface area contributed by atoms with Crippen LogP contribution in [0.5, 0.6) is 0 Å². The zero-order chi connectivity index (χ0) is 28.8. The van der Waals surface area contributed by atoms with Crippen LogP contribution in [0.25, 0.3) is 5.69 Å². The Balaban J connectivity index is 0.00000118. The first-order valence-electron chi connectivity index (χ1n) is 14.6. The van der Waals surface area contributed by atoms with Gasteiger partial charge in [0, 0.05) is 62.9 Å². The SMILES string of the molecule is CCC.CN(N)/C=C(\N)C1CC1c1c(C(=O)O)cnn1-c1cccc(C2CCCN(C(=O)N3CCCCC3)C2)c1. The van der Waals surface area contributed by atoms with E-state index < -0.39 is 5.97 Å². The van der Waals surface area contributed by atoms with Crippen molar-refractivity contribution >= 4 is 12.0 Å². The molecule has 3 fully saturated rings. The Kier molecular flexibility index (Phi) is 9.73. The Morgan fingerprint density at radius 1 is 1.12 bits per heavy atom. The van der Waals surface area contributed by atoms with Crippen molar-refractivity contribution < 1.29 is 14.7 Å². The number of likely N-dealkylation sites (tertiary alicyclic amines) is 2. The fraction of sp³-hybridized carbons (Fsp3) is 0.567. The van der Waals surface area contributed by atoms with Gasteiger partial charge in [-0.25, -0.2) is 20.1 Å². The summed E-state index contributed by atoms with van der Waals surface area (Å²) in [6.45, 7) is 7.45. The topological polar surface area (TPSA) is 134 Å². The minimum atomic E-state index is -0.999. The summed E-state index contributed by atoms with van der Waals surface area (Å²) in [6.07, 6.45) is 10.4. The van der Waals surface area contributed by atoms with E-state index in [0.29, 0.717) is 17.9 Å². The second kappa shape index (κ2) is 13.2. The predicted octanol–water partition coefficient (Wildman–Crippen LogP) is 4.48. The van der Waals surface area contributed by atoms with Gasteiger partial charge in [-0.05, 0) is 56.2 Å². The molecule has 0 bridgehead atoms. The van der Waals surface area contributed by atoms with Gasteiger partial charge in [0.15, 0.2) is 0 Å². The van der Waals surface area contributed by atoms with Crippen molar-refractivity contribution in [2.24, 2.45) is 17.5 Å². The highest BCUT2D eigenvalue weighted by Crippen LogP contribution is 2.51. The minimum Gasteiger partial charge on any atom is -0.478 e. The van der Waals surface area contributed by atoms with Crippen LogP contribution in [-0.4, -0.2) is 74.9 Å². The second-order valence-corrected chi connectivity index (χ2v) is 11.3. The number of carboxylic acid groups (broad SMARTS) is 1. The average molecular weight is 552 g/mol. The first-order valence-corrected chi connectivity index (χ1v) is 14.6. The van der Waals surface area contributed by atoms with Crippen molar-refractivity contribution in [3.8, 4) is 5.69 Å². The summed E-state index contributed by atoms with van der Waals surface area (Å²) < 4.78 is 1.75. The third-order valence-electron chi connectivity index (χ3n) is 7.86. The molecule has 218 valence electrons. The van der Waals surface area contributed by atoms with Crippen LogP contribution in [0, 0.1) is 5.92 Å². The van der Waals surface area contributed by atoms with Crippen molar-refractivity contribution in [3.63, 3.8) is 0 Å². The summed E-state index contributed by atoms with van der Waals surface area (Å²) in [6, 6.07) is 8.29. The Hall–Kier alpha value is -3.53. The molecule has 3 unspecified atom stereocenters. The standard InChI is InChI=1S/C27H37N7O3.C3H8/c1-31(29)17-24(28)21-14-22(21)25-23(26(35)36)15-30-34(25)20-9-5-7-18(13-20)19-8-6-12-33(16-19)27(37)32-10-3-2-4-11-32;1-3-2/h5,7,9,13,15,17,19,21-22H,2-4,6,8,10-12,14,16,28-29H2,1H3,(H,35,36);3H2,1-2H3/b24-17-;. The number of urea groups is 1. The van der Waals surface area contributed by atoms with E-state index in [2.05, 4.69) is 31.1 Å². The maximum Gasteiger partial charge on any atom is 0.339 e. The number of allylic oxidation sites excluding steroid dienone is 1. The molecule has 3 atom stereocenters. The molecule has 1 aromatic heterocycles. The van der Waals surface area contributed by atoms with Crippen molar-refractivity contribution in [1.82, 2.24) is 24.6 Å². The zero-order valence-electron chi connectivity index (χ0n) is 24.1. The van der Waals surface area contributed by atoms with E-state index in [0.717, 1.165) is 63.0 Å². The maximum atomic E-state index is 13.1. The largest absolute Gasteiger partial charge is 0.478 e. The molecular weight excluding hydrogens is 506 g/mol. The molecule has 5 N–H and O–H groups in total. The van der Waals surface area contributed by atoms with Crippen LogP contribution in [0.3, 0.4) is 0 Å². The van der Waals surface area contributed by atoms with Crippen molar-refractivity contribution in [2.75, 3.05) is 33.2 Å². The van der Waals surface area contributed by atoms with Crippen LogP contribution in [0.2, 0.25) is 0 Å². The smallest absolute Gasteiger partial charge is 0.339 e. The van der Waals surface area contributed by atoms with E-state index in [1.165, 1.54) is 24.0 Å². The number of piperidine rings is 2. The predicted molar refractivity (Wildman–Crippen MR) is 156 cm³/mol. The van der Waals surface area contributed by atoms with Gasteiger partial charge < -0.3 is 25.6 Å². The summed E-state index contributed by atoms with van der Waals surface area (Å²) in [4.78, 5) is 29.2. The Bertz CT molecular complexity index is 1200. The van der Waals surface area contributed by atoms with Gasteiger partial charge >= 0.3 is 12.0 Å². The van der Waals surface area contributed by atoms with Crippen LogP contribution in [-0.2, 0) is 0 Å². The molecule has 0 spiro atoms. The summed E-state index contributed by atoms with van der Waals surface area (Å²) >= 11 is 0. The first kappa shape index (κ1) is 29.5. The summed E-state index contributed by atoms with van der Waals surface area (Å²) in [5, 5.41) is 15.7. The molecule has 3 aliphatic rings. The van der Waals surface area contributed by atoms with Crippen molar-refractivity contribution in [3.05, 3.63) is 59.2 Å². The number of carbonyl (C=O) groups excluding carboxylic acids is 1. The quantitative estimate of drug-likeness (QED) is 0.356. The number of carbonyl (C=O) groups is 2. The van der Waals surface area contributed by atoms with Gasteiger partial charge in [-0.3, -0.25) is 0 Å². The van der Waals surface area contributed by atoms with Crippen LogP contribution in [0.4, 0.5) is 4.79 Å². The molecule has 1 aromatic carbocycles. The van der Waals surface area contributed by atoms with E-state index in [1.807, 2.05) is 21.9 Å². The lowest BCUT2D eigenvalue weighted by Crippen LogP contribution is -2.48. The minimum absolute atomic E-state index is 0.0236. The van der Waals surface area contributed by atoms with Gasteiger partial charge in [0.1, 0.15) is 5.56 Å². The molecule has 40 heavy (non-hydrogen) atoms. The van der Waals surface area contributed by atoms with Crippen molar-refractivity contribution in [1.29, 1.82) is 0 Å². The molecule has 2 saturated heterocycles. The highest BCUT2D eigenvalue weighted by molar-refractivity contribution is 5.89. The molecule has 10 heteroatoms. The van der Waals surface area contributed by atoms with E-state index in [9.17, 15) is 14.7 Å². The molecule has 2 amide bonds. The van der Waals surface area contributed by atoms with Crippen LogP contribution < -0.4 is 11.6 Å². The number of nitrogens with zero attached hydrogens (tertiary/aromatic N) is 5. The number of aromatic carboxylic acids is 1. The molecule has 10 nitrogen and oxygen atoms in total. The van der Waals surface area contributed by atoms with Gasteiger partial charge in [-0.2, -0.15) is 5.10 Å². The molecule has 3 heterocycles. The summed E-state index contributed by atoms with van der Waals surface area (Å²) in [7, 11) is 1.70. The van der Waals surface area contributed by atoms with Gasteiger partial charge in [0.2, 0.25) is 0 Å². The zero-order valence-corrected chi connectivity index (χ0v) is 24.1. The monoisotopic (exact) mass is 551 g/mol.